The van der Waals surface area contributed by atoms with Crippen molar-refractivity contribution in [2.75, 3.05) is 11.9 Å². The number of hydrogen-bond acceptors (Lipinski definition) is 5. The number of esters is 1. The van der Waals surface area contributed by atoms with Crippen molar-refractivity contribution < 1.29 is 19.1 Å². The Morgan fingerprint density at radius 1 is 0.917 bits per heavy atom. The zero-order valence-electron chi connectivity index (χ0n) is 20.2. The van der Waals surface area contributed by atoms with Crippen LogP contribution in [0.25, 0.3) is 17.2 Å². The van der Waals surface area contributed by atoms with Crippen LogP contribution in [0.1, 0.15) is 33.3 Å². The van der Waals surface area contributed by atoms with Crippen LogP contribution in [-0.2, 0) is 16.1 Å². The van der Waals surface area contributed by atoms with Gasteiger partial charge in [-0.1, -0.05) is 72.8 Å². The van der Waals surface area contributed by atoms with Gasteiger partial charge in [0.05, 0.1) is 6.61 Å². The molecular weight excluding hydrogens is 470 g/mol. The van der Waals surface area contributed by atoms with Gasteiger partial charge in [0.25, 0.3) is 0 Å². The number of anilines is 1. The van der Waals surface area contributed by atoms with Crippen LogP contribution in [0.15, 0.2) is 91.0 Å². The Bertz CT molecular complexity index is 1340. The van der Waals surface area contributed by atoms with Crippen LogP contribution < -0.4 is 10.1 Å². The van der Waals surface area contributed by atoms with Gasteiger partial charge in [-0.15, -0.1) is 11.3 Å². The van der Waals surface area contributed by atoms with E-state index in [0.717, 1.165) is 32.9 Å². The lowest BCUT2D eigenvalue weighted by atomic mass is 10.0. The average Bonchev–Trinajstić information content (AvgIpc) is 3.23. The summed E-state index contributed by atoms with van der Waals surface area (Å²) in [5, 5.41) is 3.34. The van der Waals surface area contributed by atoms with E-state index in [0.29, 0.717) is 17.2 Å². The van der Waals surface area contributed by atoms with Gasteiger partial charge < -0.3 is 14.8 Å². The highest BCUT2D eigenvalue weighted by Crippen LogP contribution is 2.40. The van der Waals surface area contributed by atoms with Crippen LogP contribution >= 0.6 is 11.3 Å². The molecule has 3 aromatic carbocycles. The summed E-state index contributed by atoms with van der Waals surface area (Å²) in [5.74, 6) is -0.0288. The fraction of sp³-hybridized carbons (Fsp3) is 0.133. The number of ether oxygens (including phenoxy) is 2. The number of thiophene rings is 1. The molecule has 0 aliphatic rings. The van der Waals surface area contributed by atoms with Crippen LogP contribution in [0.4, 0.5) is 5.00 Å². The van der Waals surface area contributed by atoms with Crippen molar-refractivity contribution in [3.63, 3.8) is 0 Å². The summed E-state index contributed by atoms with van der Waals surface area (Å²) >= 11 is 1.36. The first-order valence-corrected chi connectivity index (χ1v) is 12.5. The van der Waals surface area contributed by atoms with Crippen LogP contribution in [0.5, 0.6) is 5.75 Å². The predicted octanol–water partition coefficient (Wildman–Crippen LogP) is 7.13. The van der Waals surface area contributed by atoms with Crippen molar-refractivity contribution in [3.05, 3.63) is 113 Å². The largest absolute Gasteiger partial charge is 0.489 e. The summed E-state index contributed by atoms with van der Waals surface area (Å²) < 4.78 is 11.1. The van der Waals surface area contributed by atoms with Gasteiger partial charge in [0.15, 0.2) is 0 Å². The molecule has 1 heterocycles. The molecule has 0 aliphatic carbocycles. The molecule has 1 amide bonds. The molecule has 0 saturated heterocycles. The molecule has 1 aromatic heterocycles. The van der Waals surface area contributed by atoms with Crippen molar-refractivity contribution in [1.82, 2.24) is 0 Å². The van der Waals surface area contributed by atoms with Gasteiger partial charge in [-0.25, -0.2) is 4.79 Å². The van der Waals surface area contributed by atoms with E-state index in [4.69, 9.17) is 9.47 Å². The van der Waals surface area contributed by atoms with E-state index in [1.807, 2.05) is 91.9 Å². The summed E-state index contributed by atoms with van der Waals surface area (Å²) in [6.07, 6.45) is 3.17. The Kier molecular flexibility index (Phi) is 8.32. The van der Waals surface area contributed by atoms with E-state index in [1.165, 1.54) is 17.4 Å². The minimum atomic E-state index is -0.453. The normalized spacial score (nSPS) is 10.8. The molecule has 4 rings (SSSR count). The summed E-state index contributed by atoms with van der Waals surface area (Å²) in [5.41, 5.74) is 4.02. The molecule has 1 N–H and O–H groups in total. The maximum Gasteiger partial charge on any atom is 0.341 e. The van der Waals surface area contributed by atoms with Gasteiger partial charge in [-0.05, 0) is 48.7 Å². The van der Waals surface area contributed by atoms with Crippen molar-refractivity contribution in [2.24, 2.45) is 0 Å². The number of aryl methyl sites for hydroxylation is 1. The third-order valence-corrected chi connectivity index (χ3v) is 6.44. The first-order chi connectivity index (χ1) is 17.5. The van der Waals surface area contributed by atoms with E-state index in [1.54, 1.807) is 13.0 Å². The molecule has 0 unspecified atom stereocenters. The molecule has 0 spiro atoms. The van der Waals surface area contributed by atoms with Gasteiger partial charge in [0.1, 0.15) is 22.9 Å². The quantitative estimate of drug-likeness (QED) is 0.197. The van der Waals surface area contributed by atoms with Crippen molar-refractivity contribution in [2.45, 2.75) is 20.5 Å². The van der Waals surface area contributed by atoms with E-state index in [-0.39, 0.29) is 12.5 Å². The number of hydrogen-bond donors (Lipinski definition) is 1. The van der Waals surface area contributed by atoms with Gasteiger partial charge in [-0.2, -0.15) is 0 Å². The van der Waals surface area contributed by atoms with Gasteiger partial charge in [0, 0.05) is 16.5 Å². The molecule has 4 aromatic rings. The third kappa shape index (κ3) is 6.29. The van der Waals surface area contributed by atoms with E-state index < -0.39 is 5.97 Å². The highest BCUT2D eigenvalue weighted by Gasteiger charge is 2.25. The highest BCUT2D eigenvalue weighted by molar-refractivity contribution is 7.17. The Morgan fingerprint density at radius 2 is 1.58 bits per heavy atom. The zero-order valence-corrected chi connectivity index (χ0v) is 21.0. The summed E-state index contributed by atoms with van der Waals surface area (Å²) in [6.45, 7) is 4.44. The summed E-state index contributed by atoms with van der Waals surface area (Å²) in [4.78, 5) is 26.5. The lowest BCUT2D eigenvalue weighted by molar-refractivity contribution is -0.111. The van der Waals surface area contributed by atoms with Crippen LogP contribution in [0.2, 0.25) is 0 Å². The van der Waals surface area contributed by atoms with Gasteiger partial charge in [-0.3, -0.25) is 4.79 Å². The Balaban J connectivity index is 1.45. The average molecular weight is 498 g/mol. The first-order valence-electron chi connectivity index (χ1n) is 11.7. The summed E-state index contributed by atoms with van der Waals surface area (Å²) in [7, 11) is 0. The minimum absolute atomic E-state index is 0.250. The van der Waals surface area contributed by atoms with Crippen molar-refractivity contribution in [3.8, 4) is 16.9 Å². The van der Waals surface area contributed by atoms with Crippen molar-refractivity contribution >= 4 is 34.3 Å². The number of amides is 1. The van der Waals surface area contributed by atoms with Crippen LogP contribution in [0.3, 0.4) is 0 Å². The molecule has 6 heteroatoms. The fourth-order valence-electron chi connectivity index (χ4n) is 3.72. The maximum atomic E-state index is 12.8. The van der Waals surface area contributed by atoms with Crippen LogP contribution in [0, 0.1) is 6.92 Å². The molecule has 182 valence electrons. The van der Waals surface area contributed by atoms with Gasteiger partial charge >= 0.3 is 5.97 Å². The lowest BCUT2D eigenvalue weighted by Crippen LogP contribution is -2.12. The Morgan fingerprint density at radius 3 is 2.25 bits per heavy atom. The Labute approximate surface area is 215 Å². The summed E-state index contributed by atoms with van der Waals surface area (Å²) in [6, 6.07) is 27.1. The maximum absolute atomic E-state index is 12.8. The second kappa shape index (κ2) is 12.0. The van der Waals surface area contributed by atoms with E-state index in [9.17, 15) is 9.59 Å². The first kappa shape index (κ1) is 24.9. The molecule has 0 atom stereocenters. The zero-order chi connectivity index (χ0) is 25.3. The molecule has 5 nitrogen and oxygen atoms in total. The molecule has 0 aliphatic heterocycles. The molecule has 36 heavy (non-hydrogen) atoms. The number of rotatable bonds is 9. The SMILES string of the molecule is CCOC(=O)c1c(NC(=O)/C=C/c2ccc(OCc3ccccc3)cc2)sc(C)c1-c1ccccc1. The molecule has 0 fully saturated rings. The van der Waals surface area contributed by atoms with Crippen molar-refractivity contribution in [1.29, 1.82) is 0 Å². The monoisotopic (exact) mass is 497 g/mol. The number of carbonyl (C=O) groups is 2. The van der Waals surface area contributed by atoms with E-state index >= 15 is 0 Å². The van der Waals surface area contributed by atoms with Gasteiger partial charge in [0.2, 0.25) is 5.91 Å². The third-order valence-electron chi connectivity index (χ3n) is 5.42. The molecular formula is C30H27NO4S. The molecule has 0 radical (unpaired) electrons. The number of nitrogens with one attached hydrogen (secondary N) is 1. The fourth-order valence-corrected chi connectivity index (χ4v) is 4.79. The number of carbonyl (C=O) groups excluding carboxylic acids is 2. The second-order valence-corrected chi connectivity index (χ2v) is 9.21. The lowest BCUT2D eigenvalue weighted by Gasteiger charge is -2.08. The highest BCUT2D eigenvalue weighted by atomic mass is 32.1. The van der Waals surface area contributed by atoms with E-state index in [2.05, 4.69) is 5.32 Å². The second-order valence-electron chi connectivity index (χ2n) is 7.99. The topological polar surface area (TPSA) is 64.6 Å². The van der Waals surface area contributed by atoms with Crippen LogP contribution in [-0.4, -0.2) is 18.5 Å². The number of benzene rings is 3. The molecule has 0 saturated carbocycles. The smallest absolute Gasteiger partial charge is 0.341 e. The Hall–Kier alpha value is -4.16. The predicted molar refractivity (Wildman–Crippen MR) is 145 cm³/mol. The minimum Gasteiger partial charge on any atom is -0.489 e. The standard InChI is InChI=1S/C30H27NO4S/c1-3-34-30(33)28-27(24-12-8-5-9-13-24)21(2)36-29(28)31-26(32)19-16-22-14-17-25(18-15-22)35-20-23-10-6-4-7-11-23/h4-19H,3,20H2,1-2H3,(H,31,32)/b19-16+. The molecule has 0 bridgehead atoms.